The molecule has 0 saturated carbocycles. The summed E-state index contributed by atoms with van der Waals surface area (Å²) in [5.41, 5.74) is 1.46. The van der Waals surface area contributed by atoms with Gasteiger partial charge < -0.3 is 5.32 Å². The zero-order chi connectivity index (χ0) is 21.6. The van der Waals surface area contributed by atoms with Crippen LogP contribution in [-0.2, 0) is 21.4 Å². The van der Waals surface area contributed by atoms with Crippen molar-refractivity contribution in [3.63, 3.8) is 0 Å². The van der Waals surface area contributed by atoms with Gasteiger partial charge in [-0.2, -0.15) is 4.31 Å². The lowest BCUT2D eigenvalue weighted by molar-refractivity contribution is -0.121. The molecule has 1 N–H and O–H groups in total. The molecule has 0 bridgehead atoms. The smallest absolute Gasteiger partial charge is 0.243 e. The van der Waals surface area contributed by atoms with Crippen molar-refractivity contribution in [1.29, 1.82) is 0 Å². The van der Waals surface area contributed by atoms with Crippen LogP contribution in [0.1, 0.15) is 37.8 Å². The van der Waals surface area contributed by atoms with Gasteiger partial charge in [0.25, 0.3) is 0 Å². The Bertz CT molecular complexity index is 927. The van der Waals surface area contributed by atoms with Gasteiger partial charge in [0, 0.05) is 41.2 Å². The predicted molar refractivity (Wildman–Crippen MR) is 118 cm³/mol. The van der Waals surface area contributed by atoms with E-state index in [0.29, 0.717) is 15.6 Å². The number of amides is 1. The first kappa shape index (κ1) is 23.7. The molecule has 5 nitrogen and oxygen atoms in total. The van der Waals surface area contributed by atoms with E-state index in [0.717, 1.165) is 12.0 Å². The number of halogens is 2. The summed E-state index contributed by atoms with van der Waals surface area (Å²) in [6, 6.07) is 11.7. The Hall–Kier alpha value is -1.60. The Morgan fingerprint density at radius 1 is 1.10 bits per heavy atom. The Morgan fingerprint density at radius 2 is 1.69 bits per heavy atom. The lowest BCUT2D eigenvalue weighted by Gasteiger charge is -2.23. The topological polar surface area (TPSA) is 66.5 Å². The van der Waals surface area contributed by atoms with Gasteiger partial charge in [-0.3, -0.25) is 4.79 Å². The number of carbonyl (C=O) groups is 1. The van der Waals surface area contributed by atoms with Crippen LogP contribution < -0.4 is 5.32 Å². The molecule has 0 radical (unpaired) electrons. The highest BCUT2D eigenvalue weighted by molar-refractivity contribution is 7.89. The fourth-order valence-electron chi connectivity index (χ4n) is 2.68. The number of benzene rings is 2. The number of hydrogen-bond donors (Lipinski definition) is 1. The number of hydrogen-bond acceptors (Lipinski definition) is 3. The van der Waals surface area contributed by atoms with Crippen molar-refractivity contribution in [2.45, 2.75) is 51.1 Å². The van der Waals surface area contributed by atoms with E-state index in [1.165, 1.54) is 4.31 Å². The molecule has 0 unspecified atom stereocenters. The molecular formula is C21H26Cl2N2O3S. The van der Waals surface area contributed by atoms with Gasteiger partial charge in [0.1, 0.15) is 0 Å². The average molecular weight is 457 g/mol. The fourth-order valence-corrected chi connectivity index (χ4v) is 4.60. The maximum Gasteiger partial charge on any atom is 0.243 e. The van der Waals surface area contributed by atoms with Crippen molar-refractivity contribution in [3.05, 3.63) is 63.6 Å². The van der Waals surface area contributed by atoms with Crippen LogP contribution in [0, 0.1) is 6.92 Å². The van der Waals surface area contributed by atoms with E-state index < -0.39 is 10.0 Å². The second-order valence-electron chi connectivity index (χ2n) is 6.98. The minimum absolute atomic E-state index is 0.0139. The Kier molecular flexibility index (Phi) is 8.52. The van der Waals surface area contributed by atoms with Crippen LogP contribution in [0.25, 0.3) is 0 Å². The summed E-state index contributed by atoms with van der Waals surface area (Å²) < 4.78 is 27.8. The standard InChI is InChI=1S/C21H26Cl2N2O3S/c1-4-16(3)24-21(26)12-13-25(14-18-19(22)6-5-7-20(18)23)29(27,28)17-10-8-15(2)9-11-17/h5-11,16H,4,12-14H2,1-3H3,(H,24,26)/t16-/m0/s1. The van der Waals surface area contributed by atoms with Crippen molar-refractivity contribution >= 4 is 39.1 Å². The summed E-state index contributed by atoms with van der Waals surface area (Å²) in [7, 11) is -3.84. The molecule has 0 heterocycles. The third-order valence-corrected chi connectivity index (χ3v) is 7.23. The number of sulfonamides is 1. The summed E-state index contributed by atoms with van der Waals surface area (Å²) >= 11 is 12.5. The molecule has 0 fully saturated rings. The van der Waals surface area contributed by atoms with Crippen LogP contribution in [0.15, 0.2) is 47.4 Å². The predicted octanol–water partition coefficient (Wildman–Crippen LogP) is 4.80. The minimum Gasteiger partial charge on any atom is -0.354 e. The molecule has 0 spiro atoms. The van der Waals surface area contributed by atoms with Crippen LogP contribution in [0.4, 0.5) is 0 Å². The third kappa shape index (κ3) is 6.44. The number of rotatable bonds is 9. The zero-order valence-corrected chi connectivity index (χ0v) is 19.1. The third-order valence-electron chi connectivity index (χ3n) is 4.66. The number of nitrogens with zero attached hydrogens (tertiary/aromatic N) is 1. The normalized spacial score (nSPS) is 12.8. The Labute approximate surface area is 183 Å². The van der Waals surface area contributed by atoms with Crippen molar-refractivity contribution in [2.75, 3.05) is 6.54 Å². The minimum atomic E-state index is -3.84. The average Bonchev–Trinajstić information content (AvgIpc) is 2.67. The maximum atomic E-state index is 13.3. The molecule has 1 amide bonds. The summed E-state index contributed by atoms with van der Waals surface area (Å²) in [6.45, 7) is 5.75. The lowest BCUT2D eigenvalue weighted by Crippen LogP contribution is -2.37. The van der Waals surface area contributed by atoms with E-state index in [-0.39, 0.29) is 36.4 Å². The van der Waals surface area contributed by atoms with Crippen molar-refractivity contribution in [3.8, 4) is 0 Å². The molecule has 0 aromatic heterocycles. The summed E-state index contributed by atoms with van der Waals surface area (Å²) in [5.74, 6) is -0.200. The van der Waals surface area contributed by atoms with E-state index in [9.17, 15) is 13.2 Å². The van der Waals surface area contributed by atoms with Crippen LogP contribution in [-0.4, -0.2) is 31.2 Å². The molecule has 2 aromatic rings. The van der Waals surface area contributed by atoms with Crippen LogP contribution >= 0.6 is 23.2 Å². The first-order valence-corrected chi connectivity index (χ1v) is 11.6. The summed E-state index contributed by atoms with van der Waals surface area (Å²) in [4.78, 5) is 12.4. The Morgan fingerprint density at radius 3 is 2.24 bits per heavy atom. The Balaban J connectivity index is 2.32. The second kappa shape index (κ2) is 10.4. The first-order chi connectivity index (χ1) is 13.6. The van der Waals surface area contributed by atoms with Crippen LogP contribution in [0.2, 0.25) is 10.0 Å². The zero-order valence-electron chi connectivity index (χ0n) is 16.8. The van der Waals surface area contributed by atoms with E-state index in [1.54, 1.807) is 42.5 Å². The molecule has 2 rings (SSSR count). The van der Waals surface area contributed by atoms with Crippen molar-refractivity contribution in [1.82, 2.24) is 9.62 Å². The SMILES string of the molecule is CC[C@H](C)NC(=O)CCN(Cc1c(Cl)cccc1Cl)S(=O)(=O)c1ccc(C)cc1. The largest absolute Gasteiger partial charge is 0.354 e. The molecule has 0 aliphatic heterocycles. The van der Waals surface area contributed by atoms with Gasteiger partial charge in [-0.25, -0.2) is 8.42 Å². The summed E-state index contributed by atoms with van der Waals surface area (Å²) in [5, 5.41) is 3.62. The van der Waals surface area contributed by atoms with Crippen molar-refractivity contribution < 1.29 is 13.2 Å². The van der Waals surface area contributed by atoms with Gasteiger partial charge in [0.05, 0.1) is 4.90 Å². The number of aryl methyl sites for hydroxylation is 1. The molecule has 8 heteroatoms. The molecule has 0 aliphatic rings. The van der Waals surface area contributed by atoms with Crippen molar-refractivity contribution in [2.24, 2.45) is 0 Å². The highest BCUT2D eigenvalue weighted by Crippen LogP contribution is 2.28. The van der Waals surface area contributed by atoms with Gasteiger partial charge in [0.15, 0.2) is 0 Å². The fraction of sp³-hybridized carbons (Fsp3) is 0.381. The first-order valence-electron chi connectivity index (χ1n) is 9.44. The maximum absolute atomic E-state index is 13.3. The molecule has 29 heavy (non-hydrogen) atoms. The van der Waals surface area contributed by atoms with Crippen LogP contribution in [0.5, 0.6) is 0 Å². The number of carbonyl (C=O) groups excluding carboxylic acids is 1. The van der Waals surface area contributed by atoms with E-state index in [2.05, 4.69) is 5.32 Å². The van der Waals surface area contributed by atoms with E-state index >= 15 is 0 Å². The van der Waals surface area contributed by atoms with Gasteiger partial charge in [-0.05, 0) is 44.5 Å². The molecule has 2 aromatic carbocycles. The molecule has 1 atom stereocenters. The highest BCUT2D eigenvalue weighted by Gasteiger charge is 2.27. The van der Waals surface area contributed by atoms with Crippen LogP contribution in [0.3, 0.4) is 0 Å². The summed E-state index contributed by atoms with van der Waals surface area (Å²) in [6.07, 6.45) is 0.837. The lowest BCUT2D eigenvalue weighted by atomic mass is 10.2. The molecule has 0 aliphatic carbocycles. The second-order valence-corrected chi connectivity index (χ2v) is 9.73. The molecule has 0 saturated heterocycles. The molecule has 158 valence electrons. The highest BCUT2D eigenvalue weighted by atomic mass is 35.5. The monoisotopic (exact) mass is 456 g/mol. The quantitative estimate of drug-likeness (QED) is 0.589. The van der Waals surface area contributed by atoms with Gasteiger partial charge in [0.2, 0.25) is 15.9 Å². The van der Waals surface area contributed by atoms with E-state index in [1.807, 2.05) is 20.8 Å². The molecular weight excluding hydrogens is 431 g/mol. The van der Waals surface area contributed by atoms with E-state index in [4.69, 9.17) is 23.2 Å². The van der Waals surface area contributed by atoms with Gasteiger partial charge >= 0.3 is 0 Å². The number of nitrogens with one attached hydrogen (secondary N) is 1. The van der Waals surface area contributed by atoms with Gasteiger partial charge in [-0.1, -0.05) is 53.9 Å². The van der Waals surface area contributed by atoms with Gasteiger partial charge in [-0.15, -0.1) is 0 Å².